The molecular weight excluding hydrogens is 1620 g/mol. The first-order valence-corrected chi connectivity index (χ1v) is 45.5. The largest absolute Gasteiger partial charge is 0.208 e. The van der Waals surface area contributed by atoms with Crippen molar-refractivity contribution in [3.05, 3.63) is 476 Å². The van der Waals surface area contributed by atoms with Gasteiger partial charge < -0.3 is 0 Å². The predicted molar refractivity (Wildman–Crippen MR) is 546 cm³/mol. The van der Waals surface area contributed by atoms with E-state index in [-0.39, 0.29) is 16.2 Å². The Labute approximate surface area is 775 Å². The Hall–Kier alpha value is -16.8. The Morgan fingerprint density at radius 2 is 0.338 bits per heavy atom. The first-order valence-electron chi connectivity index (χ1n) is 45.5. The molecule has 0 atom stereocenters. The summed E-state index contributed by atoms with van der Waals surface area (Å²) < 4.78 is 0. The van der Waals surface area contributed by atoms with Crippen LogP contribution < -0.4 is 0 Å². The minimum atomic E-state index is -0.0958. The number of hydrogen-bond donors (Lipinski definition) is 0. The quantitative estimate of drug-likeness (QED) is 0.105. The fraction of sp³-hybridized carbons (Fsp3) is 0.0726. The first-order chi connectivity index (χ1) is 65.1. The molecule has 24 rings (SSSR count). The SMILES string of the molecule is CC1(C)c2ccccc2-c2ccc(-c3cc(-c4ccccc4)cc(-c4nc(-c5ccccc5)nc(-c5ccccc5)n4)c3)cc21.CC1(C)c2ccccc2-c2ccc(-c3cc(-c4nc(-c5ccccc5)nc(-c5ccccc5)n4)cc(-c4cccc5ccccc45)c3)cc21.CC1(C)c2ccccc2-c2ccc(-c3cccc(-c4nc(-c5ccccc5)nc(-c5ccccc5)n4)c3)cc21. The first kappa shape index (κ1) is 82.0. The fourth-order valence-electron chi connectivity index (χ4n) is 19.6. The van der Waals surface area contributed by atoms with Crippen LogP contribution in [0.25, 0.3) is 202 Å². The van der Waals surface area contributed by atoms with Gasteiger partial charge >= 0.3 is 0 Å². The molecule has 0 saturated carbocycles. The van der Waals surface area contributed by atoms with Crippen LogP contribution in [0, 0.1) is 0 Å². The predicted octanol–water partition coefficient (Wildman–Crippen LogP) is 31.0. The zero-order valence-corrected chi connectivity index (χ0v) is 74.7. The maximum Gasteiger partial charge on any atom is 0.164 e. The molecule has 133 heavy (non-hydrogen) atoms. The van der Waals surface area contributed by atoms with E-state index in [0.29, 0.717) is 52.4 Å². The second kappa shape index (κ2) is 34.4. The smallest absolute Gasteiger partial charge is 0.164 e. The Morgan fingerprint density at radius 1 is 0.128 bits per heavy atom. The van der Waals surface area contributed by atoms with Crippen LogP contribution in [0.1, 0.15) is 74.9 Å². The van der Waals surface area contributed by atoms with Gasteiger partial charge in [0, 0.05) is 66.3 Å². The summed E-state index contributed by atoms with van der Waals surface area (Å²) in [4.78, 5) is 44.9. The Kier molecular flexibility index (Phi) is 21.2. The van der Waals surface area contributed by atoms with Gasteiger partial charge in [-0.3, -0.25) is 0 Å². The van der Waals surface area contributed by atoms with E-state index >= 15 is 0 Å². The third kappa shape index (κ3) is 15.8. The van der Waals surface area contributed by atoms with E-state index < -0.39 is 0 Å². The zero-order valence-electron chi connectivity index (χ0n) is 74.7. The van der Waals surface area contributed by atoms with Crippen LogP contribution in [0.3, 0.4) is 0 Å². The summed E-state index contributed by atoms with van der Waals surface area (Å²) in [6.45, 7) is 14.0. The molecule has 0 amide bonds. The van der Waals surface area contributed by atoms with Gasteiger partial charge in [-0.05, 0) is 194 Å². The van der Waals surface area contributed by atoms with Crippen molar-refractivity contribution in [3.8, 4) is 192 Å². The van der Waals surface area contributed by atoms with E-state index in [9.17, 15) is 0 Å². The standard InChI is InChI=1S/C46H33N3.C42H31N3.C36H27N3/c1-46(2)41-23-12-11-21-39(41)40-25-24-33(29-42(40)46)34-26-35(38-22-13-19-30-14-9-10-20-37(30)38)28-36(27-34)45-48-43(31-15-5-3-6-16-31)47-44(49-45)32-17-7-4-8-18-32;1-42(2)37-21-13-12-20-35(37)36-23-22-31(27-38(36)42)33-24-32(28-14-6-3-7-15-28)25-34(26-33)41-44-39(29-16-8-4-9-17-29)43-40(45-41)30-18-10-5-11-19-30;1-36(2)31-19-10-9-18-29(31)30-21-20-27(23-32(30)36)26-16-11-17-28(22-26)35-38-33(24-12-5-3-6-13-24)37-34(39-35)25-14-7-4-8-15-25/h3-29H,1-2H3;3-27H,1-2H3;3-23H,1-2H3. The van der Waals surface area contributed by atoms with Crippen LogP contribution in [-0.4, -0.2) is 44.9 Å². The van der Waals surface area contributed by atoms with Crippen molar-refractivity contribution < 1.29 is 0 Å². The lowest BCUT2D eigenvalue weighted by Gasteiger charge is -2.22. The normalized spacial score (nSPS) is 12.9. The van der Waals surface area contributed by atoms with Crippen molar-refractivity contribution in [3.63, 3.8) is 0 Å². The number of aromatic nitrogens is 9. The lowest BCUT2D eigenvalue weighted by molar-refractivity contribution is 0.660. The summed E-state index contributed by atoms with van der Waals surface area (Å²) in [5.74, 6) is 5.91. The molecule has 3 heterocycles. The average Bonchev–Trinajstić information content (AvgIpc) is 1.61. The van der Waals surface area contributed by atoms with Crippen molar-refractivity contribution in [1.82, 2.24) is 44.9 Å². The minimum absolute atomic E-state index is 0.0388. The van der Waals surface area contributed by atoms with E-state index in [0.717, 1.165) is 83.5 Å². The number of rotatable bonds is 14. The fourth-order valence-corrected chi connectivity index (χ4v) is 19.6. The summed E-state index contributed by atoms with van der Waals surface area (Å²) in [6.07, 6.45) is 0. The molecule has 18 aromatic carbocycles. The van der Waals surface area contributed by atoms with Gasteiger partial charge in [0.15, 0.2) is 52.4 Å². The number of benzene rings is 18. The molecule has 0 fully saturated rings. The maximum atomic E-state index is 5.12. The monoisotopic (exact) mass is 1710 g/mol. The van der Waals surface area contributed by atoms with E-state index in [2.05, 4.69) is 327 Å². The van der Waals surface area contributed by atoms with Gasteiger partial charge in [0.25, 0.3) is 0 Å². The molecule has 9 nitrogen and oxygen atoms in total. The molecule has 0 bridgehead atoms. The lowest BCUT2D eigenvalue weighted by Crippen LogP contribution is -2.14. The maximum absolute atomic E-state index is 5.12. The van der Waals surface area contributed by atoms with Crippen LogP contribution in [0.15, 0.2) is 443 Å². The summed E-state index contributed by atoms with van der Waals surface area (Å²) in [5, 5.41) is 2.42. The lowest BCUT2D eigenvalue weighted by atomic mass is 9.81. The Morgan fingerprint density at radius 3 is 0.699 bits per heavy atom. The summed E-state index contributed by atoms with van der Waals surface area (Å²) in [7, 11) is 0. The van der Waals surface area contributed by atoms with Crippen molar-refractivity contribution in [2.24, 2.45) is 0 Å². The van der Waals surface area contributed by atoms with Crippen molar-refractivity contribution in [2.75, 3.05) is 0 Å². The molecule has 9 heteroatoms. The van der Waals surface area contributed by atoms with E-state index in [1.807, 2.05) is 158 Å². The van der Waals surface area contributed by atoms with Gasteiger partial charge in [0.1, 0.15) is 0 Å². The molecule has 0 aliphatic heterocycles. The third-order valence-electron chi connectivity index (χ3n) is 26.6. The van der Waals surface area contributed by atoms with E-state index in [4.69, 9.17) is 44.9 Å². The van der Waals surface area contributed by atoms with Crippen LogP contribution in [-0.2, 0) is 16.2 Å². The van der Waals surface area contributed by atoms with Gasteiger partial charge in [-0.1, -0.05) is 424 Å². The van der Waals surface area contributed by atoms with Crippen LogP contribution >= 0.6 is 0 Å². The Bertz CT molecular complexity index is 7820. The highest BCUT2D eigenvalue weighted by Crippen LogP contribution is 2.54. The molecule has 0 unspecified atom stereocenters. The zero-order chi connectivity index (χ0) is 89.7. The molecule has 3 aromatic heterocycles. The number of nitrogens with zero attached hydrogens (tertiary/aromatic N) is 9. The van der Waals surface area contributed by atoms with Crippen molar-refractivity contribution in [2.45, 2.75) is 57.8 Å². The van der Waals surface area contributed by atoms with Gasteiger partial charge in [-0.15, -0.1) is 0 Å². The molecule has 3 aliphatic rings. The average molecular weight is 1710 g/mol. The second-order valence-corrected chi connectivity index (χ2v) is 36.0. The molecule has 0 radical (unpaired) electrons. The van der Waals surface area contributed by atoms with E-state index in [1.165, 1.54) is 99.8 Å². The topological polar surface area (TPSA) is 116 Å². The molecule has 21 aromatic rings. The van der Waals surface area contributed by atoms with Gasteiger partial charge in [-0.25, -0.2) is 44.9 Å². The van der Waals surface area contributed by atoms with Gasteiger partial charge in [0.2, 0.25) is 0 Å². The number of fused-ring (bicyclic) bond motifs is 10. The highest BCUT2D eigenvalue weighted by atomic mass is 15.1. The van der Waals surface area contributed by atoms with Crippen molar-refractivity contribution >= 4 is 10.8 Å². The molecule has 0 spiro atoms. The van der Waals surface area contributed by atoms with E-state index in [1.54, 1.807) is 0 Å². The van der Waals surface area contributed by atoms with Crippen LogP contribution in [0.2, 0.25) is 0 Å². The molecule has 632 valence electrons. The third-order valence-corrected chi connectivity index (χ3v) is 26.6. The summed E-state index contributed by atoms with van der Waals surface area (Å²) in [5.41, 5.74) is 36.1. The number of hydrogen-bond acceptors (Lipinski definition) is 9. The summed E-state index contributed by atoms with van der Waals surface area (Å²) >= 11 is 0. The van der Waals surface area contributed by atoms with Crippen LogP contribution in [0.4, 0.5) is 0 Å². The van der Waals surface area contributed by atoms with Crippen LogP contribution in [0.5, 0.6) is 0 Å². The molecular formula is C124H91N9. The molecule has 0 N–H and O–H groups in total. The van der Waals surface area contributed by atoms with Gasteiger partial charge in [-0.2, -0.15) is 0 Å². The Balaban J connectivity index is 0.000000117. The second-order valence-electron chi connectivity index (χ2n) is 36.0. The highest BCUT2D eigenvalue weighted by molar-refractivity contribution is 5.99. The molecule has 3 aliphatic carbocycles. The van der Waals surface area contributed by atoms with Crippen molar-refractivity contribution in [1.29, 1.82) is 0 Å². The summed E-state index contributed by atoms with van der Waals surface area (Å²) in [6, 6.07) is 156. The minimum Gasteiger partial charge on any atom is -0.208 e. The molecule has 0 saturated heterocycles. The van der Waals surface area contributed by atoms with Gasteiger partial charge in [0.05, 0.1) is 0 Å². The highest BCUT2D eigenvalue weighted by Gasteiger charge is 2.39.